The molecule has 1 heterocycles. The average molecular weight is 416 g/mol. The van der Waals surface area contributed by atoms with Crippen LogP contribution in [0.1, 0.15) is 25.7 Å². The molecule has 0 aliphatic heterocycles. The molecule has 0 bridgehead atoms. The Hall–Kier alpha value is -2.31. The molecule has 25 heavy (non-hydrogen) atoms. The highest BCUT2D eigenvalue weighted by Gasteiger charge is 2.19. The number of halogens is 1. The number of Topliss-reactive ketones (excluding diaryl/α,β-unsaturated/α-hetero) is 1. The topological polar surface area (TPSA) is 56.3 Å². The van der Waals surface area contributed by atoms with E-state index in [1.165, 1.54) is 11.3 Å². The summed E-state index contributed by atoms with van der Waals surface area (Å²) in [5.41, 5.74) is 2.05. The van der Waals surface area contributed by atoms with Gasteiger partial charge in [-0.15, -0.1) is 11.3 Å². The summed E-state index contributed by atoms with van der Waals surface area (Å²) in [5.74, 6) is -0.769. The molecule has 1 aromatic heterocycles. The Morgan fingerprint density at radius 3 is 2.44 bits per heavy atom. The first-order valence-corrected chi connectivity index (χ1v) is 9.14. The first-order chi connectivity index (χ1) is 12.0. The Kier molecular flexibility index (Phi) is 5.40. The molecule has 6 heteroatoms. The van der Waals surface area contributed by atoms with E-state index in [0.29, 0.717) is 16.1 Å². The molecule has 0 spiro atoms. The Morgan fingerprint density at radius 1 is 1.08 bits per heavy atom. The molecule has 0 unspecified atom stereocenters. The van der Waals surface area contributed by atoms with Crippen LogP contribution in [0.4, 0.5) is 0 Å². The van der Waals surface area contributed by atoms with Crippen molar-refractivity contribution in [1.82, 2.24) is 4.98 Å². The summed E-state index contributed by atoms with van der Waals surface area (Å²) in [6.07, 6.45) is 0. The quantitative estimate of drug-likeness (QED) is 0.438. The zero-order valence-corrected chi connectivity index (χ0v) is 15.8. The number of ether oxygens (including phenoxy) is 1. The van der Waals surface area contributed by atoms with Gasteiger partial charge < -0.3 is 4.74 Å². The lowest BCUT2D eigenvalue weighted by Crippen LogP contribution is -2.14. The second-order valence-electron chi connectivity index (χ2n) is 5.31. The number of nitrogens with zero attached hydrogens (tertiary/aromatic N) is 1. The van der Waals surface area contributed by atoms with Gasteiger partial charge in [-0.05, 0) is 19.1 Å². The molecule has 0 N–H and O–H groups in total. The third kappa shape index (κ3) is 4.21. The monoisotopic (exact) mass is 415 g/mol. The number of hydrogen-bond acceptors (Lipinski definition) is 5. The van der Waals surface area contributed by atoms with E-state index in [0.717, 1.165) is 15.0 Å². The smallest absolute Gasteiger partial charge is 0.350 e. The van der Waals surface area contributed by atoms with Crippen molar-refractivity contribution in [2.24, 2.45) is 0 Å². The van der Waals surface area contributed by atoms with Crippen molar-refractivity contribution >= 4 is 39.0 Å². The normalized spacial score (nSPS) is 10.5. The first-order valence-electron chi connectivity index (χ1n) is 7.53. The first kappa shape index (κ1) is 17.5. The lowest BCUT2D eigenvalue weighted by molar-refractivity contribution is 0.0478. The third-order valence-electron chi connectivity index (χ3n) is 3.50. The van der Waals surface area contributed by atoms with Crippen LogP contribution in [-0.2, 0) is 4.74 Å². The minimum absolute atomic E-state index is 0.244. The Bertz CT molecular complexity index is 904. The van der Waals surface area contributed by atoms with Crippen LogP contribution in [0, 0.1) is 6.92 Å². The highest BCUT2D eigenvalue weighted by molar-refractivity contribution is 9.10. The predicted molar refractivity (Wildman–Crippen MR) is 101 cm³/mol. The van der Waals surface area contributed by atoms with Gasteiger partial charge in [-0.3, -0.25) is 4.79 Å². The van der Waals surface area contributed by atoms with Crippen molar-refractivity contribution < 1.29 is 14.3 Å². The number of esters is 1. The molecule has 3 aromatic rings. The summed E-state index contributed by atoms with van der Waals surface area (Å²) in [7, 11) is 0. The molecule has 0 saturated heterocycles. The van der Waals surface area contributed by atoms with Crippen molar-refractivity contribution in [2.75, 3.05) is 6.61 Å². The van der Waals surface area contributed by atoms with Crippen molar-refractivity contribution in [3.05, 3.63) is 75.2 Å². The second-order valence-corrected chi connectivity index (χ2v) is 7.22. The van der Waals surface area contributed by atoms with Crippen molar-refractivity contribution in [3.8, 4) is 10.6 Å². The largest absolute Gasteiger partial charge is 0.453 e. The van der Waals surface area contributed by atoms with Gasteiger partial charge in [0.1, 0.15) is 9.88 Å². The lowest BCUT2D eigenvalue weighted by Gasteiger charge is -2.03. The van der Waals surface area contributed by atoms with Crippen LogP contribution in [0.2, 0.25) is 0 Å². The number of rotatable bonds is 5. The van der Waals surface area contributed by atoms with Gasteiger partial charge in [-0.2, -0.15) is 0 Å². The summed E-state index contributed by atoms with van der Waals surface area (Å²) in [5, 5.41) is 0.754. The SMILES string of the molecule is Cc1nc(-c2ccccc2)sc1C(=O)OCC(=O)c1ccc(Br)cc1. The minimum Gasteiger partial charge on any atom is -0.453 e. The molecule has 4 nitrogen and oxygen atoms in total. The number of thiazole rings is 1. The van der Waals surface area contributed by atoms with Gasteiger partial charge in [0.2, 0.25) is 0 Å². The summed E-state index contributed by atoms with van der Waals surface area (Å²) >= 11 is 4.58. The van der Waals surface area contributed by atoms with Gasteiger partial charge in [-0.1, -0.05) is 58.4 Å². The fourth-order valence-electron chi connectivity index (χ4n) is 2.21. The Morgan fingerprint density at radius 2 is 1.76 bits per heavy atom. The van der Waals surface area contributed by atoms with Gasteiger partial charge in [0, 0.05) is 15.6 Å². The summed E-state index contributed by atoms with van der Waals surface area (Å²) in [6.45, 7) is 1.47. The van der Waals surface area contributed by atoms with Crippen LogP contribution in [0.15, 0.2) is 59.1 Å². The summed E-state index contributed by atoms with van der Waals surface area (Å²) in [6, 6.07) is 16.5. The van der Waals surface area contributed by atoms with Gasteiger partial charge in [0.05, 0.1) is 5.69 Å². The Balaban J connectivity index is 1.68. The molecule has 3 rings (SSSR count). The average Bonchev–Trinajstić information content (AvgIpc) is 3.02. The summed E-state index contributed by atoms with van der Waals surface area (Å²) < 4.78 is 6.06. The van der Waals surface area contributed by atoms with Gasteiger partial charge in [-0.25, -0.2) is 9.78 Å². The minimum atomic E-state index is -0.525. The molecule has 0 aliphatic carbocycles. The lowest BCUT2D eigenvalue weighted by atomic mass is 10.1. The van der Waals surface area contributed by atoms with Crippen LogP contribution in [0.25, 0.3) is 10.6 Å². The maximum atomic E-state index is 12.3. The summed E-state index contributed by atoms with van der Waals surface area (Å²) in [4.78, 5) is 29.2. The van der Waals surface area contributed by atoms with Crippen LogP contribution >= 0.6 is 27.3 Å². The second kappa shape index (κ2) is 7.72. The molecule has 0 amide bonds. The Labute approximate surface area is 157 Å². The van der Waals surface area contributed by atoms with Crippen LogP contribution in [0.5, 0.6) is 0 Å². The van der Waals surface area contributed by atoms with E-state index in [4.69, 9.17) is 4.74 Å². The number of aromatic nitrogens is 1. The number of carbonyl (C=O) groups is 2. The van der Waals surface area contributed by atoms with Crippen LogP contribution in [-0.4, -0.2) is 23.3 Å². The molecule has 126 valence electrons. The van der Waals surface area contributed by atoms with E-state index in [1.54, 1.807) is 31.2 Å². The fraction of sp³-hybridized carbons (Fsp3) is 0.105. The number of ketones is 1. The van der Waals surface area contributed by atoms with Crippen LogP contribution in [0.3, 0.4) is 0 Å². The van der Waals surface area contributed by atoms with E-state index < -0.39 is 5.97 Å². The molecule has 0 fully saturated rings. The molecule has 0 aliphatic rings. The predicted octanol–water partition coefficient (Wildman–Crippen LogP) is 4.92. The molecule has 2 aromatic carbocycles. The van der Waals surface area contributed by atoms with E-state index in [-0.39, 0.29) is 12.4 Å². The highest BCUT2D eigenvalue weighted by atomic mass is 79.9. The van der Waals surface area contributed by atoms with E-state index >= 15 is 0 Å². The number of hydrogen-bond donors (Lipinski definition) is 0. The maximum absolute atomic E-state index is 12.3. The zero-order valence-electron chi connectivity index (χ0n) is 13.4. The highest BCUT2D eigenvalue weighted by Crippen LogP contribution is 2.28. The van der Waals surface area contributed by atoms with E-state index in [1.807, 2.05) is 30.3 Å². The third-order valence-corrected chi connectivity index (χ3v) is 5.22. The molecular formula is C19H14BrNO3S. The van der Waals surface area contributed by atoms with E-state index in [2.05, 4.69) is 20.9 Å². The maximum Gasteiger partial charge on any atom is 0.350 e. The number of carbonyl (C=O) groups excluding carboxylic acids is 2. The standard InChI is InChI=1S/C19H14BrNO3S/c1-12-17(25-18(21-12)14-5-3-2-4-6-14)19(23)24-11-16(22)13-7-9-15(20)10-8-13/h2-10H,11H2,1H3. The van der Waals surface area contributed by atoms with Gasteiger partial charge in [0.15, 0.2) is 12.4 Å². The molecule has 0 radical (unpaired) electrons. The van der Waals surface area contributed by atoms with Gasteiger partial charge in [0.25, 0.3) is 0 Å². The van der Waals surface area contributed by atoms with Crippen LogP contribution < -0.4 is 0 Å². The number of benzene rings is 2. The van der Waals surface area contributed by atoms with Gasteiger partial charge >= 0.3 is 5.97 Å². The zero-order chi connectivity index (χ0) is 17.8. The fourth-order valence-corrected chi connectivity index (χ4v) is 3.44. The molecule has 0 atom stereocenters. The molecule has 0 saturated carbocycles. The van der Waals surface area contributed by atoms with Crippen molar-refractivity contribution in [3.63, 3.8) is 0 Å². The molecular weight excluding hydrogens is 402 g/mol. The number of aryl methyl sites for hydroxylation is 1. The van der Waals surface area contributed by atoms with Crippen molar-refractivity contribution in [1.29, 1.82) is 0 Å². The van der Waals surface area contributed by atoms with Crippen molar-refractivity contribution in [2.45, 2.75) is 6.92 Å². The van der Waals surface area contributed by atoms with E-state index in [9.17, 15) is 9.59 Å².